The first kappa shape index (κ1) is 16.2. The predicted molar refractivity (Wildman–Crippen MR) is 95.3 cm³/mol. The molecule has 3 rings (SSSR count). The van der Waals surface area contributed by atoms with E-state index in [1.54, 1.807) is 6.20 Å². The Kier molecular flexibility index (Phi) is 4.38. The molecule has 3 N–H and O–H groups in total. The van der Waals surface area contributed by atoms with Crippen LogP contribution < -0.4 is 10.7 Å². The van der Waals surface area contributed by atoms with Crippen molar-refractivity contribution in [3.63, 3.8) is 0 Å². The molecule has 1 aromatic carbocycles. The van der Waals surface area contributed by atoms with Crippen LogP contribution in [0.1, 0.15) is 47.9 Å². The molecule has 1 fully saturated rings. The number of amides is 1. The number of carbonyl (C=O) groups is 1. The van der Waals surface area contributed by atoms with Crippen LogP contribution >= 0.6 is 0 Å². The number of rotatable bonds is 6. The Hall–Kier alpha value is -2.63. The fourth-order valence-electron chi connectivity index (χ4n) is 2.72. The van der Waals surface area contributed by atoms with Gasteiger partial charge in [-0.2, -0.15) is 0 Å². The van der Waals surface area contributed by atoms with Crippen LogP contribution in [0.2, 0.25) is 0 Å². The zero-order valence-electron chi connectivity index (χ0n) is 14.3. The van der Waals surface area contributed by atoms with Gasteiger partial charge in [-0.05, 0) is 43.9 Å². The number of hydrogen-bond acceptors (Lipinski definition) is 4. The first-order valence-electron chi connectivity index (χ1n) is 8.30. The minimum atomic E-state index is -0.00266. The average molecular weight is 325 g/mol. The smallest absolute Gasteiger partial charge is 0.251 e. The lowest BCUT2D eigenvalue weighted by molar-refractivity contribution is 0.0950. The minimum Gasteiger partial charge on any atom is -0.349 e. The molecule has 1 amide bonds. The third-order valence-electron chi connectivity index (χ3n) is 4.29. The quantitative estimate of drug-likeness (QED) is 0.714. The minimum absolute atomic E-state index is 0.00266. The van der Waals surface area contributed by atoms with Crippen molar-refractivity contribution >= 4 is 11.6 Å². The third kappa shape index (κ3) is 3.04. The monoisotopic (exact) mass is 325 g/mol. The summed E-state index contributed by atoms with van der Waals surface area (Å²) in [4.78, 5) is 16.6. The fraction of sp³-hybridized carbons (Fsp3) is 0.389. The Labute approximate surface area is 141 Å². The third-order valence-corrected chi connectivity index (χ3v) is 4.29. The van der Waals surface area contributed by atoms with E-state index in [4.69, 9.17) is 5.41 Å². The van der Waals surface area contributed by atoms with E-state index in [9.17, 15) is 4.79 Å². The number of aromatic nitrogens is 2. The average Bonchev–Trinajstić information content (AvgIpc) is 3.28. The summed E-state index contributed by atoms with van der Waals surface area (Å²) < 4.78 is 1.81. The summed E-state index contributed by atoms with van der Waals surface area (Å²) in [6.07, 6.45) is 4.54. The molecule has 126 valence electrons. The van der Waals surface area contributed by atoms with E-state index < -0.39 is 0 Å². The van der Waals surface area contributed by atoms with Gasteiger partial charge in [-0.1, -0.05) is 13.0 Å². The number of imidazole rings is 1. The molecular weight excluding hydrogens is 302 g/mol. The van der Waals surface area contributed by atoms with Gasteiger partial charge < -0.3 is 16.2 Å². The molecule has 1 aliphatic carbocycles. The highest BCUT2D eigenvalue weighted by atomic mass is 16.1. The zero-order valence-corrected chi connectivity index (χ0v) is 14.3. The maximum absolute atomic E-state index is 12.2. The van der Waals surface area contributed by atoms with Crippen LogP contribution in [0.25, 0.3) is 11.3 Å². The molecule has 0 saturated heterocycles. The lowest BCUT2D eigenvalue weighted by atomic mass is 10.0. The lowest BCUT2D eigenvalue weighted by Crippen LogP contribution is -2.26. The van der Waals surface area contributed by atoms with Crippen molar-refractivity contribution in [1.29, 1.82) is 5.41 Å². The molecule has 1 heterocycles. The van der Waals surface area contributed by atoms with Crippen LogP contribution in [-0.2, 0) is 0 Å². The van der Waals surface area contributed by atoms with Gasteiger partial charge in [-0.3, -0.25) is 4.79 Å². The Balaban J connectivity index is 1.92. The van der Waals surface area contributed by atoms with Crippen LogP contribution in [0.15, 0.2) is 24.4 Å². The Morgan fingerprint density at radius 1 is 1.42 bits per heavy atom. The van der Waals surface area contributed by atoms with E-state index in [0.29, 0.717) is 29.6 Å². The van der Waals surface area contributed by atoms with Gasteiger partial charge >= 0.3 is 0 Å². The van der Waals surface area contributed by atoms with Crippen molar-refractivity contribution in [3.8, 4) is 11.3 Å². The molecule has 1 aromatic heterocycles. The highest BCUT2D eigenvalue weighted by Gasteiger charge is 2.24. The number of nitrogens with one attached hydrogen (secondary N) is 3. The summed E-state index contributed by atoms with van der Waals surface area (Å²) in [5.41, 5.74) is 7.05. The second kappa shape index (κ2) is 6.47. The second-order valence-corrected chi connectivity index (χ2v) is 6.14. The number of carbonyl (C=O) groups excluding carboxylic acids is 1. The summed E-state index contributed by atoms with van der Waals surface area (Å²) in [5, 5.41) is 11.0. The van der Waals surface area contributed by atoms with Crippen LogP contribution in [-0.4, -0.2) is 34.4 Å². The summed E-state index contributed by atoms with van der Waals surface area (Å²) >= 11 is 0. The maximum atomic E-state index is 12.2. The molecule has 6 heteroatoms. The number of benzene rings is 1. The van der Waals surface area contributed by atoms with Gasteiger partial charge in [0.15, 0.2) is 5.82 Å². The molecule has 1 aliphatic rings. The lowest BCUT2D eigenvalue weighted by Gasteiger charge is -2.13. The van der Waals surface area contributed by atoms with Gasteiger partial charge in [0.1, 0.15) is 0 Å². The van der Waals surface area contributed by atoms with Crippen molar-refractivity contribution in [3.05, 3.63) is 41.3 Å². The SMILES string of the molecule is CCC(=N)c1ncc(-c2ccc(C(=O)NC3CC3)c(C)c2)n1NC. The molecule has 0 spiro atoms. The van der Waals surface area contributed by atoms with E-state index in [2.05, 4.69) is 15.7 Å². The Bertz CT molecular complexity index is 789. The predicted octanol–water partition coefficient (Wildman–Crippen LogP) is 2.70. The van der Waals surface area contributed by atoms with Crippen molar-refractivity contribution < 1.29 is 4.79 Å². The molecule has 0 aliphatic heterocycles. The van der Waals surface area contributed by atoms with Crippen LogP contribution in [0.4, 0.5) is 0 Å². The molecule has 6 nitrogen and oxygen atoms in total. The largest absolute Gasteiger partial charge is 0.349 e. The van der Waals surface area contributed by atoms with E-state index >= 15 is 0 Å². The van der Waals surface area contributed by atoms with Gasteiger partial charge in [-0.25, -0.2) is 9.66 Å². The molecule has 0 atom stereocenters. The molecule has 0 unspecified atom stereocenters. The molecule has 1 saturated carbocycles. The van der Waals surface area contributed by atoms with Crippen molar-refractivity contribution in [2.24, 2.45) is 0 Å². The van der Waals surface area contributed by atoms with Gasteiger partial charge in [0.2, 0.25) is 0 Å². The Morgan fingerprint density at radius 3 is 2.75 bits per heavy atom. The summed E-state index contributed by atoms with van der Waals surface area (Å²) in [5.74, 6) is 0.611. The number of hydrogen-bond donors (Lipinski definition) is 3. The number of aryl methyl sites for hydroxylation is 1. The second-order valence-electron chi connectivity index (χ2n) is 6.14. The molecule has 24 heavy (non-hydrogen) atoms. The highest BCUT2D eigenvalue weighted by molar-refractivity contribution is 5.97. The first-order valence-corrected chi connectivity index (χ1v) is 8.30. The standard InChI is InChI=1S/C18H23N5O/c1-4-15(19)17-21-10-16(23(17)20-3)12-5-8-14(11(2)9-12)18(24)22-13-6-7-13/h5,8-10,13,19-20H,4,6-7H2,1-3H3,(H,22,24). The van der Waals surface area contributed by atoms with Gasteiger partial charge in [0.25, 0.3) is 5.91 Å². The van der Waals surface area contributed by atoms with Crippen LogP contribution in [0, 0.1) is 12.3 Å². The normalized spacial score (nSPS) is 13.6. The number of nitrogens with zero attached hydrogens (tertiary/aromatic N) is 2. The van der Waals surface area contributed by atoms with Crippen LogP contribution in [0.5, 0.6) is 0 Å². The van der Waals surface area contributed by atoms with Crippen LogP contribution in [0.3, 0.4) is 0 Å². The van der Waals surface area contributed by atoms with Crippen molar-refractivity contribution in [2.45, 2.75) is 39.2 Å². The highest BCUT2D eigenvalue weighted by Crippen LogP contribution is 2.24. The van der Waals surface area contributed by atoms with E-state index in [1.807, 2.05) is 43.8 Å². The van der Waals surface area contributed by atoms with E-state index in [1.165, 1.54) is 0 Å². The topological polar surface area (TPSA) is 82.8 Å². The summed E-state index contributed by atoms with van der Waals surface area (Å²) in [7, 11) is 1.81. The van der Waals surface area contributed by atoms with E-state index in [-0.39, 0.29) is 5.91 Å². The van der Waals surface area contributed by atoms with E-state index in [0.717, 1.165) is 29.7 Å². The summed E-state index contributed by atoms with van der Waals surface area (Å²) in [6, 6.07) is 6.13. The molecule has 0 bridgehead atoms. The van der Waals surface area contributed by atoms with Crippen molar-refractivity contribution in [1.82, 2.24) is 15.0 Å². The molecular formula is C18H23N5O. The fourth-order valence-corrected chi connectivity index (χ4v) is 2.72. The zero-order chi connectivity index (χ0) is 17.3. The van der Waals surface area contributed by atoms with Gasteiger partial charge in [-0.15, -0.1) is 0 Å². The van der Waals surface area contributed by atoms with Gasteiger partial charge in [0.05, 0.1) is 17.6 Å². The molecule has 2 aromatic rings. The maximum Gasteiger partial charge on any atom is 0.251 e. The Morgan fingerprint density at radius 2 is 2.17 bits per heavy atom. The van der Waals surface area contributed by atoms with Crippen molar-refractivity contribution in [2.75, 3.05) is 12.5 Å². The first-order chi connectivity index (χ1) is 11.5. The van der Waals surface area contributed by atoms with Gasteiger partial charge in [0, 0.05) is 24.2 Å². The summed E-state index contributed by atoms with van der Waals surface area (Å²) in [6.45, 7) is 3.88. The molecule has 0 radical (unpaired) electrons.